The second-order valence-electron chi connectivity index (χ2n) is 6.96. The van der Waals surface area contributed by atoms with Gasteiger partial charge in [-0.05, 0) is 38.0 Å². The van der Waals surface area contributed by atoms with Gasteiger partial charge in [-0.3, -0.25) is 4.79 Å². The molecule has 2 saturated carbocycles. The fourth-order valence-electron chi connectivity index (χ4n) is 4.11. The van der Waals surface area contributed by atoms with Gasteiger partial charge in [-0.15, -0.1) is 11.3 Å². The maximum Gasteiger partial charge on any atom is 0.252 e. The molecule has 22 heavy (non-hydrogen) atoms. The normalized spacial score (nSPS) is 31.2. The topological polar surface area (TPSA) is 43.6 Å². The zero-order valence-corrected chi connectivity index (χ0v) is 14.8. The molecule has 0 unspecified atom stereocenters. The van der Waals surface area contributed by atoms with Crippen LogP contribution in [0.1, 0.15) is 43.2 Å². The van der Waals surface area contributed by atoms with Gasteiger partial charge < -0.3 is 9.30 Å². The predicted molar refractivity (Wildman–Crippen MR) is 87.8 cm³/mol. The maximum atomic E-state index is 12.7. The lowest BCUT2D eigenvalue weighted by atomic mass is 9.90. The Morgan fingerprint density at radius 3 is 2.86 bits per heavy atom. The van der Waals surface area contributed by atoms with Crippen molar-refractivity contribution in [1.82, 2.24) is 4.57 Å². The van der Waals surface area contributed by atoms with E-state index in [2.05, 4.69) is 30.3 Å². The van der Waals surface area contributed by atoms with Gasteiger partial charge in [0, 0.05) is 30.1 Å². The highest BCUT2D eigenvalue weighted by Crippen LogP contribution is 2.66. The molecule has 1 aromatic heterocycles. The number of carbonyl (C=O) groups is 1. The minimum absolute atomic E-state index is 0.0989. The van der Waals surface area contributed by atoms with Crippen molar-refractivity contribution in [2.75, 3.05) is 13.7 Å². The van der Waals surface area contributed by atoms with Crippen molar-refractivity contribution in [3.05, 3.63) is 15.4 Å². The van der Waals surface area contributed by atoms with Gasteiger partial charge in [0.15, 0.2) is 4.80 Å². The molecule has 0 spiro atoms. The van der Waals surface area contributed by atoms with Crippen LogP contribution in [0.5, 0.6) is 0 Å². The van der Waals surface area contributed by atoms with Gasteiger partial charge in [-0.2, -0.15) is 4.99 Å². The first-order valence-corrected chi connectivity index (χ1v) is 9.05. The molecule has 0 saturated heterocycles. The molecule has 2 aliphatic rings. The quantitative estimate of drug-likeness (QED) is 0.855. The number of hydrogen-bond acceptors (Lipinski definition) is 3. The van der Waals surface area contributed by atoms with Gasteiger partial charge in [-0.25, -0.2) is 0 Å². The first kappa shape index (κ1) is 15.9. The molecule has 0 bridgehead atoms. The monoisotopic (exact) mass is 322 g/mol. The first-order chi connectivity index (χ1) is 10.5. The molecule has 0 aromatic carbocycles. The summed E-state index contributed by atoms with van der Waals surface area (Å²) in [6.07, 6.45) is 4.93. The van der Waals surface area contributed by atoms with Crippen molar-refractivity contribution < 1.29 is 9.53 Å². The molecule has 0 N–H and O–H groups in total. The number of aromatic nitrogens is 1. The van der Waals surface area contributed by atoms with Gasteiger partial charge >= 0.3 is 0 Å². The van der Waals surface area contributed by atoms with Crippen LogP contribution in [0, 0.1) is 31.1 Å². The molecule has 0 radical (unpaired) electrons. The molecular weight excluding hydrogens is 296 g/mol. The molecule has 1 amide bonds. The van der Waals surface area contributed by atoms with E-state index in [4.69, 9.17) is 4.74 Å². The number of rotatable bonds is 4. The SMILES string of the molecule is COCCn1c(C)c(C)s/c1=N\C(=O)[C@@H]1[C@H]2CCCC[C@]21C. The Balaban J connectivity index is 1.86. The van der Waals surface area contributed by atoms with Gasteiger partial charge in [0.25, 0.3) is 5.91 Å². The summed E-state index contributed by atoms with van der Waals surface area (Å²) < 4.78 is 7.30. The lowest BCUT2D eigenvalue weighted by Gasteiger charge is -2.15. The summed E-state index contributed by atoms with van der Waals surface area (Å²) in [4.78, 5) is 19.3. The predicted octanol–water partition coefficient (Wildman–Crippen LogP) is 3.07. The number of hydrogen-bond donors (Lipinski definition) is 0. The standard InChI is InChI=1S/C17H26N2O2S/c1-11-12(2)22-16(19(11)9-10-21-4)18-15(20)14-13-7-5-6-8-17(13,14)3/h13-14H,5-10H2,1-4H3/b18-16-/t13-,14+,17-/m1/s1. The summed E-state index contributed by atoms with van der Waals surface area (Å²) in [5.41, 5.74) is 1.42. The second kappa shape index (κ2) is 5.93. The van der Waals surface area contributed by atoms with Crippen molar-refractivity contribution in [3.63, 3.8) is 0 Å². The molecule has 1 aromatic rings. The van der Waals surface area contributed by atoms with Crippen LogP contribution in [0.15, 0.2) is 4.99 Å². The largest absolute Gasteiger partial charge is 0.383 e. The van der Waals surface area contributed by atoms with E-state index in [9.17, 15) is 4.79 Å². The van der Waals surface area contributed by atoms with Crippen molar-refractivity contribution in [2.24, 2.45) is 22.2 Å². The highest BCUT2D eigenvalue weighted by Gasteiger charge is 2.64. The summed E-state index contributed by atoms with van der Waals surface area (Å²) >= 11 is 1.62. The molecular formula is C17H26N2O2S. The van der Waals surface area contributed by atoms with Gasteiger partial charge in [-0.1, -0.05) is 19.8 Å². The molecule has 0 aliphatic heterocycles. The number of amides is 1. The zero-order valence-electron chi connectivity index (χ0n) is 14.0. The molecule has 3 rings (SSSR count). The summed E-state index contributed by atoms with van der Waals surface area (Å²) in [6.45, 7) is 7.85. The molecule has 2 aliphatic carbocycles. The molecule has 2 fully saturated rings. The van der Waals surface area contributed by atoms with Crippen LogP contribution < -0.4 is 4.80 Å². The highest BCUT2D eigenvalue weighted by atomic mass is 32.1. The van der Waals surface area contributed by atoms with E-state index in [0.29, 0.717) is 12.5 Å². The van der Waals surface area contributed by atoms with Crippen LogP contribution >= 0.6 is 11.3 Å². The summed E-state index contributed by atoms with van der Waals surface area (Å²) in [7, 11) is 1.70. The van der Waals surface area contributed by atoms with Crippen molar-refractivity contribution >= 4 is 17.2 Å². The number of thiazole rings is 1. The summed E-state index contributed by atoms with van der Waals surface area (Å²) in [5.74, 6) is 0.836. The maximum absolute atomic E-state index is 12.7. The lowest BCUT2D eigenvalue weighted by molar-refractivity contribution is -0.120. The van der Waals surface area contributed by atoms with E-state index in [1.807, 2.05) is 0 Å². The molecule has 5 heteroatoms. The van der Waals surface area contributed by atoms with Crippen molar-refractivity contribution in [1.29, 1.82) is 0 Å². The van der Waals surface area contributed by atoms with E-state index < -0.39 is 0 Å². The molecule has 3 atom stereocenters. The van der Waals surface area contributed by atoms with Gasteiger partial charge in [0.05, 0.1) is 6.61 Å². The van der Waals surface area contributed by atoms with Crippen molar-refractivity contribution in [2.45, 2.75) is 53.0 Å². The first-order valence-electron chi connectivity index (χ1n) is 8.23. The van der Waals surface area contributed by atoms with E-state index in [1.165, 1.54) is 36.3 Å². The molecule has 4 nitrogen and oxygen atoms in total. The van der Waals surface area contributed by atoms with Crippen LogP contribution in [-0.4, -0.2) is 24.2 Å². The zero-order chi connectivity index (χ0) is 15.9. The fraction of sp³-hybridized carbons (Fsp3) is 0.765. The van der Waals surface area contributed by atoms with Crippen LogP contribution in [-0.2, 0) is 16.1 Å². The Morgan fingerprint density at radius 2 is 2.23 bits per heavy atom. The fourth-order valence-corrected chi connectivity index (χ4v) is 5.12. The van der Waals surface area contributed by atoms with Crippen molar-refractivity contribution in [3.8, 4) is 0 Å². The second-order valence-corrected chi connectivity index (χ2v) is 8.14. The number of ether oxygens (including phenoxy) is 1. The van der Waals surface area contributed by atoms with E-state index >= 15 is 0 Å². The third kappa shape index (κ3) is 2.58. The number of aryl methyl sites for hydroxylation is 1. The Bertz CT molecular complexity index is 646. The average molecular weight is 322 g/mol. The van der Waals surface area contributed by atoms with Crippen LogP contribution in [0.3, 0.4) is 0 Å². The molecule has 122 valence electrons. The number of methoxy groups -OCH3 is 1. The third-order valence-electron chi connectivity index (χ3n) is 5.71. The van der Waals surface area contributed by atoms with Gasteiger partial charge in [0.2, 0.25) is 0 Å². The highest BCUT2D eigenvalue weighted by molar-refractivity contribution is 7.09. The minimum Gasteiger partial charge on any atom is -0.383 e. The van der Waals surface area contributed by atoms with Crippen LogP contribution in [0.25, 0.3) is 0 Å². The van der Waals surface area contributed by atoms with E-state index in [1.54, 1.807) is 18.4 Å². The summed E-state index contributed by atoms with van der Waals surface area (Å²) in [5, 5.41) is 0. The number of fused-ring (bicyclic) bond motifs is 1. The number of nitrogens with zero attached hydrogens (tertiary/aromatic N) is 2. The lowest BCUT2D eigenvalue weighted by Crippen LogP contribution is -2.21. The molecule has 1 heterocycles. The van der Waals surface area contributed by atoms with Crippen LogP contribution in [0.4, 0.5) is 0 Å². The Hall–Kier alpha value is -0.940. The van der Waals surface area contributed by atoms with Crippen LogP contribution in [0.2, 0.25) is 0 Å². The third-order valence-corrected chi connectivity index (χ3v) is 6.81. The summed E-state index contributed by atoms with van der Waals surface area (Å²) in [6, 6.07) is 0. The smallest absolute Gasteiger partial charge is 0.252 e. The van der Waals surface area contributed by atoms with E-state index in [0.717, 1.165) is 11.3 Å². The van der Waals surface area contributed by atoms with E-state index in [-0.39, 0.29) is 17.2 Å². The van der Waals surface area contributed by atoms with Gasteiger partial charge in [0.1, 0.15) is 0 Å². The number of carbonyl (C=O) groups excluding carboxylic acids is 1. The minimum atomic E-state index is 0.0989. The Morgan fingerprint density at radius 1 is 1.45 bits per heavy atom. The Kier molecular flexibility index (Phi) is 4.29. The Labute approximate surface area is 136 Å². The average Bonchev–Trinajstić information content (AvgIpc) is 3.03.